The molecule has 1 aliphatic heterocycles. The normalized spacial score (nSPS) is 14.2. The molecule has 0 amide bonds. The van der Waals surface area contributed by atoms with Gasteiger partial charge in [0, 0.05) is 25.5 Å². The molecule has 1 fully saturated rings. The Morgan fingerprint density at radius 3 is 2.56 bits per heavy atom. The molecule has 7 nitrogen and oxygen atoms in total. The predicted molar refractivity (Wildman–Crippen MR) is 125 cm³/mol. The Labute approximate surface area is 186 Å². The first kappa shape index (κ1) is 20.2. The molecule has 7 heteroatoms. The monoisotopic (exact) mass is 427 g/mol. The number of nitrogens with zero attached hydrogens (tertiary/aromatic N) is 5. The fraction of sp³-hybridized carbons (Fsp3) is 0.240. The highest BCUT2D eigenvalue weighted by molar-refractivity contribution is 5.89. The van der Waals surface area contributed by atoms with E-state index in [1.54, 1.807) is 12.1 Å². The Kier molecular flexibility index (Phi) is 5.33. The van der Waals surface area contributed by atoms with Gasteiger partial charge in [0.2, 0.25) is 0 Å². The average Bonchev–Trinajstić information content (AvgIpc) is 3.34. The van der Waals surface area contributed by atoms with Crippen molar-refractivity contribution in [2.45, 2.75) is 19.4 Å². The SMILES string of the molecule is CN(c1cccc(-c2cccc(CN3CCCC3)c2)c1)c1nc(=O)n(O)c2ncccc12. The summed E-state index contributed by atoms with van der Waals surface area (Å²) in [6.45, 7) is 3.33. The molecule has 1 aliphatic rings. The molecule has 0 atom stereocenters. The second-order valence-electron chi connectivity index (χ2n) is 8.20. The van der Waals surface area contributed by atoms with Crippen LogP contribution in [0.1, 0.15) is 18.4 Å². The molecule has 0 bridgehead atoms. The van der Waals surface area contributed by atoms with E-state index in [0.29, 0.717) is 15.9 Å². The van der Waals surface area contributed by atoms with E-state index in [4.69, 9.17) is 0 Å². The zero-order valence-electron chi connectivity index (χ0n) is 18.0. The summed E-state index contributed by atoms with van der Waals surface area (Å²) in [5.41, 5.74) is 3.87. The minimum Gasteiger partial charge on any atom is -0.422 e. The number of hydrogen-bond acceptors (Lipinski definition) is 6. The Bertz CT molecular complexity index is 1330. The van der Waals surface area contributed by atoms with Gasteiger partial charge in [-0.05, 0) is 73.0 Å². The van der Waals surface area contributed by atoms with Crippen molar-refractivity contribution in [2.24, 2.45) is 0 Å². The van der Waals surface area contributed by atoms with E-state index in [2.05, 4.69) is 51.3 Å². The van der Waals surface area contributed by atoms with Crippen LogP contribution in [0.3, 0.4) is 0 Å². The number of pyridine rings is 1. The smallest absolute Gasteiger partial charge is 0.384 e. The van der Waals surface area contributed by atoms with E-state index in [0.717, 1.165) is 23.4 Å². The first-order valence-corrected chi connectivity index (χ1v) is 10.8. The van der Waals surface area contributed by atoms with E-state index in [1.807, 2.05) is 24.1 Å². The van der Waals surface area contributed by atoms with Crippen molar-refractivity contribution in [2.75, 3.05) is 25.0 Å². The van der Waals surface area contributed by atoms with Gasteiger partial charge in [-0.2, -0.15) is 4.98 Å². The Hall–Kier alpha value is -3.71. The topological polar surface area (TPSA) is 74.5 Å². The van der Waals surface area contributed by atoms with E-state index in [9.17, 15) is 10.0 Å². The maximum absolute atomic E-state index is 12.2. The van der Waals surface area contributed by atoms with Gasteiger partial charge in [-0.15, -0.1) is 4.73 Å². The van der Waals surface area contributed by atoms with Crippen LogP contribution >= 0.6 is 0 Å². The summed E-state index contributed by atoms with van der Waals surface area (Å²) >= 11 is 0. The molecule has 32 heavy (non-hydrogen) atoms. The van der Waals surface area contributed by atoms with Crippen molar-refractivity contribution in [3.05, 3.63) is 82.9 Å². The molecule has 1 N–H and O–H groups in total. The molecule has 4 aromatic rings. The van der Waals surface area contributed by atoms with E-state index >= 15 is 0 Å². The number of fused-ring (bicyclic) bond motifs is 1. The van der Waals surface area contributed by atoms with Crippen LogP contribution in [0.5, 0.6) is 0 Å². The van der Waals surface area contributed by atoms with Crippen molar-refractivity contribution < 1.29 is 5.21 Å². The summed E-state index contributed by atoms with van der Waals surface area (Å²) in [7, 11) is 1.86. The lowest BCUT2D eigenvalue weighted by molar-refractivity contribution is 0.182. The minimum absolute atomic E-state index is 0.181. The maximum Gasteiger partial charge on any atom is 0.384 e. The minimum atomic E-state index is -0.760. The lowest BCUT2D eigenvalue weighted by Gasteiger charge is -2.21. The van der Waals surface area contributed by atoms with E-state index < -0.39 is 5.69 Å². The van der Waals surface area contributed by atoms with Crippen LogP contribution in [-0.2, 0) is 6.54 Å². The van der Waals surface area contributed by atoms with Crippen molar-refractivity contribution in [1.82, 2.24) is 19.6 Å². The van der Waals surface area contributed by atoms with Gasteiger partial charge >= 0.3 is 5.69 Å². The van der Waals surface area contributed by atoms with Crippen molar-refractivity contribution in [1.29, 1.82) is 0 Å². The molecule has 0 spiro atoms. The Morgan fingerprint density at radius 1 is 1.00 bits per heavy atom. The molecule has 0 radical (unpaired) electrons. The summed E-state index contributed by atoms with van der Waals surface area (Å²) in [6.07, 6.45) is 4.11. The second-order valence-corrected chi connectivity index (χ2v) is 8.20. The Morgan fingerprint density at radius 2 is 1.75 bits per heavy atom. The average molecular weight is 428 g/mol. The van der Waals surface area contributed by atoms with Gasteiger partial charge in [0.1, 0.15) is 5.82 Å². The van der Waals surface area contributed by atoms with Gasteiger partial charge < -0.3 is 10.1 Å². The van der Waals surface area contributed by atoms with Gasteiger partial charge in [0.05, 0.1) is 5.39 Å². The van der Waals surface area contributed by atoms with Gasteiger partial charge in [-0.1, -0.05) is 30.3 Å². The highest BCUT2D eigenvalue weighted by Gasteiger charge is 2.16. The van der Waals surface area contributed by atoms with Crippen molar-refractivity contribution in [3.8, 4) is 11.1 Å². The lowest BCUT2D eigenvalue weighted by atomic mass is 10.0. The fourth-order valence-corrected chi connectivity index (χ4v) is 4.35. The first-order chi connectivity index (χ1) is 15.6. The standard InChI is InChI=1S/C25H25N5O2/c1-28(24-22-11-6-12-26-23(22)30(32)25(31)27-24)21-10-5-9-20(16-21)19-8-4-7-18(15-19)17-29-13-2-3-14-29/h4-12,15-16,32H,2-3,13-14,17H2,1H3. The van der Waals surface area contributed by atoms with E-state index in [1.165, 1.54) is 37.7 Å². The molecule has 1 saturated heterocycles. The zero-order chi connectivity index (χ0) is 22.1. The van der Waals surface area contributed by atoms with Crippen LogP contribution in [0.25, 0.3) is 22.2 Å². The number of aromatic nitrogens is 3. The van der Waals surface area contributed by atoms with Gasteiger partial charge in [-0.3, -0.25) is 4.90 Å². The van der Waals surface area contributed by atoms with Crippen LogP contribution in [0, 0.1) is 0 Å². The summed E-state index contributed by atoms with van der Waals surface area (Å²) in [5.74, 6) is 0.448. The largest absolute Gasteiger partial charge is 0.422 e. The summed E-state index contributed by atoms with van der Waals surface area (Å²) in [6, 6.07) is 20.4. The molecular weight excluding hydrogens is 402 g/mol. The highest BCUT2D eigenvalue weighted by Crippen LogP contribution is 2.31. The molecular formula is C25H25N5O2. The van der Waals surface area contributed by atoms with Gasteiger partial charge in [0.15, 0.2) is 5.65 Å². The summed E-state index contributed by atoms with van der Waals surface area (Å²) in [4.78, 5) is 24.8. The third-order valence-electron chi connectivity index (χ3n) is 6.03. The molecule has 2 aromatic heterocycles. The fourth-order valence-electron chi connectivity index (χ4n) is 4.35. The number of benzene rings is 2. The summed E-state index contributed by atoms with van der Waals surface area (Å²) < 4.78 is 0.481. The van der Waals surface area contributed by atoms with Gasteiger partial charge in [0.25, 0.3) is 0 Å². The highest BCUT2D eigenvalue weighted by atomic mass is 16.5. The van der Waals surface area contributed by atoms with E-state index in [-0.39, 0.29) is 5.65 Å². The maximum atomic E-state index is 12.2. The first-order valence-electron chi connectivity index (χ1n) is 10.8. The third-order valence-corrected chi connectivity index (χ3v) is 6.03. The quantitative estimate of drug-likeness (QED) is 0.484. The van der Waals surface area contributed by atoms with Crippen molar-refractivity contribution in [3.63, 3.8) is 0 Å². The summed E-state index contributed by atoms with van der Waals surface area (Å²) in [5, 5.41) is 10.6. The molecule has 2 aromatic carbocycles. The zero-order valence-corrected chi connectivity index (χ0v) is 18.0. The van der Waals surface area contributed by atoms with Crippen LogP contribution < -0.4 is 10.6 Å². The van der Waals surface area contributed by atoms with Crippen LogP contribution in [0.15, 0.2) is 71.7 Å². The lowest BCUT2D eigenvalue weighted by Crippen LogP contribution is -2.25. The molecule has 162 valence electrons. The molecule has 5 rings (SSSR count). The van der Waals surface area contributed by atoms with Crippen LogP contribution in [0.2, 0.25) is 0 Å². The molecule has 0 unspecified atom stereocenters. The number of hydrogen-bond donors (Lipinski definition) is 1. The Balaban J connectivity index is 1.49. The van der Waals surface area contributed by atoms with Gasteiger partial charge in [-0.25, -0.2) is 9.78 Å². The van der Waals surface area contributed by atoms with Crippen LogP contribution in [0.4, 0.5) is 11.5 Å². The predicted octanol–water partition coefficient (Wildman–Crippen LogP) is 4.06. The third kappa shape index (κ3) is 3.83. The molecule has 0 aliphatic carbocycles. The number of likely N-dealkylation sites (tertiary alicyclic amines) is 1. The molecule has 3 heterocycles. The number of rotatable bonds is 5. The second kappa shape index (κ2) is 8.43. The van der Waals surface area contributed by atoms with Crippen LogP contribution in [-0.4, -0.2) is 44.9 Å². The molecule has 0 saturated carbocycles. The number of anilines is 2. The van der Waals surface area contributed by atoms with Crippen molar-refractivity contribution >= 4 is 22.5 Å².